The number of aromatic nitrogens is 1. The van der Waals surface area contributed by atoms with Crippen molar-refractivity contribution in [3.8, 4) is 0 Å². The second-order valence-corrected chi connectivity index (χ2v) is 8.86. The molecule has 0 aliphatic rings. The lowest BCUT2D eigenvalue weighted by Crippen LogP contribution is -2.12. The number of halogens is 1. The maximum absolute atomic E-state index is 12.3. The molecule has 0 fully saturated rings. The number of pyridine rings is 1. The van der Waals surface area contributed by atoms with Gasteiger partial charge in [-0.3, -0.25) is 4.72 Å². The Labute approximate surface area is 155 Å². The van der Waals surface area contributed by atoms with Crippen LogP contribution in [0.15, 0.2) is 58.9 Å². The number of anilines is 3. The van der Waals surface area contributed by atoms with Gasteiger partial charge in [-0.15, -0.1) is 11.3 Å². The fourth-order valence-electron chi connectivity index (χ4n) is 2.26. The average molecular weight is 394 g/mol. The fraction of sp³-hybridized carbons (Fsp3) is 0.118. The SMILES string of the molecule is CCc1ccccc1Nc1ccc(NS(=O)(=O)c2ccc(Cl)s2)nc1. The molecule has 0 bridgehead atoms. The van der Waals surface area contributed by atoms with Crippen LogP contribution in [0.2, 0.25) is 4.34 Å². The minimum atomic E-state index is -3.67. The standard InChI is InChI=1S/C17H16ClN3O2S2/c1-2-12-5-3-4-6-14(12)20-13-7-9-16(19-11-13)21-25(22,23)17-10-8-15(18)24-17/h3-11,20H,2H2,1H3,(H,19,21). The molecule has 3 rings (SSSR count). The van der Waals surface area contributed by atoms with E-state index in [4.69, 9.17) is 11.6 Å². The summed E-state index contributed by atoms with van der Waals surface area (Å²) in [5, 5.41) is 3.29. The van der Waals surface area contributed by atoms with E-state index in [9.17, 15) is 8.42 Å². The predicted octanol–water partition coefficient (Wildman–Crippen LogP) is 4.90. The molecule has 25 heavy (non-hydrogen) atoms. The van der Waals surface area contributed by atoms with Crippen LogP contribution in [0, 0.1) is 0 Å². The Hall–Kier alpha value is -2.09. The van der Waals surface area contributed by atoms with E-state index in [1.54, 1.807) is 24.4 Å². The number of nitrogens with zero attached hydrogens (tertiary/aromatic N) is 1. The van der Waals surface area contributed by atoms with E-state index in [1.165, 1.54) is 11.6 Å². The second-order valence-electron chi connectivity index (χ2n) is 5.23. The molecule has 0 saturated heterocycles. The Kier molecular flexibility index (Phi) is 5.27. The molecule has 2 heterocycles. The molecule has 0 aliphatic carbocycles. The minimum Gasteiger partial charge on any atom is -0.354 e. The zero-order valence-corrected chi connectivity index (χ0v) is 15.8. The lowest BCUT2D eigenvalue weighted by molar-refractivity contribution is 0.603. The van der Waals surface area contributed by atoms with Gasteiger partial charge in [-0.1, -0.05) is 36.7 Å². The summed E-state index contributed by atoms with van der Waals surface area (Å²) in [6, 6.07) is 14.4. The molecule has 0 saturated carbocycles. The smallest absolute Gasteiger partial charge is 0.272 e. The Morgan fingerprint density at radius 1 is 1.12 bits per heavy atom. The van der Waals surface area contributed by atoms with Crippen LogP contribution in [0.5, 0.6) is 0 Å². The highest BCUT2D eigenvalue weighted by atomic mass is 35.5. The first-order valence-corrected chi connectivity index (χ1v) is 10.2. The molecule has 0 unspecified atom stereocenters. The number of hydrogen-bond acceptors (Lipinski definition) is 5. The average Bonchev–Trinajstić information content (AvgIpc) is 3.04. The van der Waals surface area contributed by atoms with Crippen LogP contribution in [-0.2, 0) is 16.4 Å². The van der Waals surface area contributed by atoms with Crippen LogP contribution in [0.4, 0.5) is 17.2 Å². The molecule has 1 aromatic carbocycles. The van der Waals surface area contributed by atoms with Gasteiger partial charge in [0, 0.05) is 5.69 Å². The van der Waals surface area contributed by atoms with Crippen molar-refractivity contribution in [2.45, 2.75) is 17.6 Å². The highest BCUT2D eigenvalue weighted by molar-refractivity contribution is 7.94. The van der Waals surface area contributed by atoms with Crippen LogP contribution in [0.25, 0.3) is 0 Å². The summed E-state index contributed by atoms with van der Waals surface area (Å²) in [6.45, 7) is 2.09. The Balaban J connectivity index is 1.74. The van der Waals surface area contributed by atoms with E-state index in [1.807, 2.05) is 18.2 Å². The van der Waals surface area contributed by atoms with Crippen molar-refractivity contribution >= 4 is 50.2 Å². The summed E-state index contributed by atoms with van der Waals surface area (Å²) >= 11 is 6.79. The maximum Gasteiger partial charge on any atom is 0.272 e. The third-order valence-electron chi connectivity index (χ3n) is 3.49. The molecular formula is C17H16ClN3O2S2. The van der Waals surface area contributed by atoms with Gasteiger partial charge in [0.05, 0.1) is 16.2 Å². The minimum absolute atomic E-state index is 0.151. The summed E-state index contributed by atoms with van der Waals surface area (Å²) < 4.78 is 27.5. The van der Waals surface area contributed by atoms with E-state index in [-0.39, 0.29) is 10.0 Å². The largest absolute Gasteiger partial charge is 0.354 e. The number of thiophene rings is 1. The van der Waals surface area contributed by atoms with Crippen LogP contribution >= 0.6 is 22.9 Å². The Morgan fingerprint density at radius 3 is 2.56 bits per heavy atom. The van der Waals surface area contributed by atoms with E-state index < -0.39 is 10.0 Å². The number of rotatable bonds is 6. The highest BCUT2D eigenvalue weighted by Gasteiger charge is 2.17. The molecule has 2 aromatic heterocycles. The fourth-order valence-corrected chi connectivity index (χ4v) is 4.76. The van der Waals surface area contributed by atoms with Crippen LogP contribution in [-0.4, -0.2) is 13.4 Å². The zero-order chi connectivity index (χ0) is 17.9. The van der Waals surface area contributed by atoms with Crippen LogP contribution in [0.1, 0.15) is 12.5 Å². The highest BCUT2D eigenvalue weighted by Crippen LogP contribution is 2.27. The van der Waals surface area contributed by atoms with Crippen molar-refractivity contribution in [1.82, 2.24) is 4.98 Å². The van der Waals surface area contributed by atoms with Gasteiger partial charge < -0.3 is 5.32 Å². The Morgan fingerprint density at radius 2 is 1.92 bits per heavy atom. The van der Waals surface area contributed by atoms with E-state index in [0.717, 1.165) is 29.1 Å². The van der Waals surface area contributed by atoms with Gasteiger partial charge in [0.1, 0.15) is 10.0 Å². The number of benzene rings is 1. The zero-order valence-electron chi connectivity index (χ0n) is 13.4. The van der Waals surface area contributed by atoms with Crippen molar-refractivity contribution < 1.29 is 8.42 Å². The van der Waals surface area contributed by atoms with Crippen molar-refractivity contribution in [3.05, 3.63) is 64.6 Å². The van der Waals surface area contributed by atoms with E-state index >= 15 is 0 Å². The molecule has 5 nitrogen and oxygen atoms in total. The third-order valence-corrected chi connectivity index (χ3v) is 6.57. The predicted molar refractivity (Wildman–Crippen MR) is 103 cm³/mol. The molecule has 0 atom stereocenters. The lowest BCUT2D eigenvalue weighted by Gasteiger charge is -2.11. The van der Waals surface area contributed by atoms with Gasteiger partial charge in [0.2, 0.25) is 0 Å². The normalized spacial score (nSPS) is 11.3. The first kappa shape index (κ1) is 17.7. The first-order chi connectivity index (χ1) is 12.0. The maximum atomic E-state index is 12.3. The van der Waals surface area contributed by atoms with E-state index in [2.05, 4.69) is 28.0 Å². The van der Waals surface area contributed by atoms with Gasteiger partial charge in [-0.05, 0) is 42.3 Å². The number of hydrogen-bond donors (Lipinski definition) is 2. The third kappa shape index (κ3) is 4.31. The van der Waals surface area contributed by atoms with Crippen molar-refractivity contribution in [2.24, 2.45) is 0 Å². The summed E-state index contributed by atoms with van der Waals surface area (Å²) in [7, 11) is -3.67. The van der Waals surface area contributed by atoms with Gasteiger partial charge in [-0.25, -0.2) is 13.4 Å². The Bertz CT molecular complexity index is 970. The van der Waals surface area contributed by atoms with Crippen molar-refractivity contribution in [3.63, 3.8) is 0 Å². The van der Waals surface area contributed by atoms with Crippen molar-refractivity contribution in [2.75, 3.05) is 10.0 Å². The molecule has 2 N–H and O–H groups in total. The van der Waals surface area contributed by atoms with Crippen molar-refractivity contribution in [1.29, 1.82) is 0 Å². The molecular weight excluding hydrogens is 378 g/mol. The topological polar surface area (TPSA) is 71.1 Å². The van der Waals surface area contributed by atoms with Gasteiger partial charge in [0.15, 0.2) is 0 Å². The molecule has 130 valence electrons. The summed E-state index contributed by atoms with van der Waals surface area (Å²) in [4.78, 5) is 4.17. The molecule has 0 spiro atoms. The monoisotopic (exact) mass is 393 g/mol. The van der Waals surface area contributed by atoms with E-state index in [0.29, 0.717) is 4.34 Å². The number of nitrogens with one attached hydrogen (secondary N) is 2. The van der Waals surface area contributed by atoms with Crippen LogP contribution in [0.3, 0.4) is 0 Å². The number of aryl methyl sites for hydroxylation is 1. The summed E-state index contributed by atoms with van der Waals surface area (Å²) in [6.07, 6.45) is 2.50. The van der Waals surface area contributed by atoms with Gasteiger partial charge in [0.25, 0.3) is 10.0 Å². The van der Waals surface area contributed by atoms with Gasteiger partial charge in [-0.2, -0.15) is 0 Å². The second kappa shape index (κ2) is 7.43. The number of para-hydroxylation sites is 1. The molecule has 0 amide bonds. The summed E-state index contributed by atoms with van der Waals surface area (Å²) in [5.41, 5.74) is 2.98. The molecule has 0 aliphatic heterocycles. The lowest BCUT2D eigenvalue weighted by atomic mass is 10.1. The first-order valence-electron chi connectivity index (χ1n) is 7.57. The molecule has 8 heteroatoms. The quantitative estimate of drug-likeness (QED) is 0.624. The molecule has 3 aromatic rings. The van der Waals surface area contributed by atoms with Crippen LogP contribution < -0.4 is 10.0 Å². The summed E-state index contributed by atoms with van der Waals surface area (Å²) in [5.74, 6) is 0.249. The number of sulfonamides is 1. The molecule has 0 radical (unpaired) electrons. The van der Waals surface area contributed by atoms with Gasteiger partial charge >= 0.3 is 0 Å².